The van der Waals surface area contributed by atoms with E-state index in [0.29, 0.717) is 18.7 Å². The number of hydrogen-bond donors (Lipinski definition) is 2. The molecule has 0 radical (unpaired) electrons. The normalized spacial score (nSPS) is 20.4. The molecule has 5 nitrogen and oxygen atoms in total. The van der Waals surface area contributed by atoms with Crippen LogP contribution in [0.4, 0.5) is 4.79 Å². The van der Waals surface area contributed by atoms with Crippen molar-refractivity contribution < 1.29 is 9.59 Å². The average molecular weight is 301 g/mol. The van der Waals surface area contributed by atoms with Crippen LogP contribution < -0.4 is 10.6 Å². The SMILES string of the molecule is CCC1(CC)C(=O)NC(=O)NC1=N[C@H](C)Cc1ccccc1. The molecular formula is C17H23N3O2. The van der Waals surface area contributed by atoms with E-state index in [2.05, 4.69) is 27.8 Å². The molecule has 1 heterocycles. The largest absolute Gasteiger partial charge is 0.326 e. The van der Waals surface area contributed by atoms with Gasteiger partial charge >= 0.3 is 6.03 Å². The van der Waals surface area contributed by atoms with Crippen LogP contribution >= 0.6 is 0 Å². The number of amidine groups is 1. The van der Waals surface area contributed by atoms with Crippen LogP contribution in [0.25, 0.3) is 0 Å². The Morgan fingerprint density at radius 2 is 1.73 bits per heavy atom. The minimum atomic E-state index is -0.737. The highest BCUT2D eigenvalue weighted by Gasteiger charge is 2.45. The van der Waals surface area contributed by atoms with Gasteiger partial charge in [-0.25, -0.2) is 4.79 Å². The van der Waals surface area contributed by atoms with Gasteiger partial charge in [0.2, 0.25) is 5.91 Å². The van der Waals surface area contributed by atoms with E-state index in [0.717, 1.165) is 6.42 Å². The highest BCUT2D eigenvalue weighted by atomic mass is 16.2. The number of rotatable bonds is 5. The van der Waals surface area contributed by atoms with Crippen LogP contribution in [0, 0.1) is 5.41 Å². The molecule has 1 fully saturated rings. The lowest BCUT2D eigenvalue weighted by Gasteiger charge is -2.35. The second-order valence-corrected chi connectivity index (χ2v) is 5.71. The van der Waals surface area contributed by atoms with Crippen LogP contribution in [0.3, 0.4) is 0 Å². The molecule has 1 aliphatic rings. The molecule has 1 aromatic carbocycles. The highest BCUT2D eigenvalue weighted by Crippen LogP contribution is 2.30. The molecule has 0 saturated carbocycles. The maximum absolute atomic E-state index is 12.3. The van der Waals surface area contributed by atoms with Gasteiger partial charge in [-0.1, -0.05) is 44.2 Å². The van der Waals surface area contributed by atoms with E-state index in [9.17, 15) is 9.59 Å². The van der Waals surface area contributed by atoms with Crippen LogP contribution in [0.5, 0.6) is 0 Å². The predicted molar refractivity (Wildman–Crippen MR) is 86.7 cm³/mol. The summed E-state index contributed by atoms with van der Waals surface area (Å²) in [5, 5.41) is 5.09. The van der Waals surface area contributed by atoms with Crippen LogP contribution in [0.2, 0.25) is 0 Å². The molecule has 1 atom stereocenters. The molecule has 1 aliphatic heterocycles. The molecular weight excluding hydrogens is 278 g/mol. The van der Waals surface area contributed by atoms with Crippen molar-refractivity contribution in [2.24, 2.45) is 10.4 Å². The minimum absolute atomic E-state index is 0.0129. The summed E-state index contributed by atoms with van der Waals surface area (Å²) in [5.74, 6) is 0.238. The minimum Gasteiger partial charge on any atom is -0.295 e. The molecule has 0 bridgehead atoms. The molecule has 2 N–H and O–H groups in total. The van der Waals surface area contributed by atoms with Crippen molar-refractivity contribution in [1.29, 1.82) is 0 Å². The van der Waals surface area contributed by atoms with Crippen molar-refractivity contribution in [1.82, 2.24) is 10.6 Å². The lowest BCUT2D eigenvalue weighted by molar-refractivity contribution is -0.127. The molecule has 0 spiro atoms. The Kier molecular flexibility index (Phi) is 4.96. The zero-order valence-electron chi connectivity index (χ0n) is 13.3. The third-order valence-electron chi connectivity index (χ3n) is 4.28. The quantitative estimate of drug-likeness (QED) is 0.877. The van der Waals surface area contributed by atoms with Gasteiger partial charge in [-0.15, -0.1) is 0 Å². The van der Waals surface area contributed by atoms with Gasteiger partial charge in [0.1, 0.15) is 11.3 Å². The first-order chi connectivity index (χ1) is 10.5. The third-order valence-corrected chi connectivity index (χ3v) is 4.28. The zero-order chi connectivity index (χ0) is 16.2. The van der Waals surface area contributed by atoms with Gasteiger partial charge in [0.15, 0.2) is 0 Å². The molecule has 118 valence electrons. The predicted octanol–water partition coefficient (Wildman–Crippen LogP) is 2.66. The molecule has 5 heteroatoms. The van der Waals surface area contributed by atoms with Gasteiger partial charge in [-0.3, -0.25) is 20.4 Å². The van der Waals surface area contributed by atoms with Crippen molar-refractivity contribution >= 4 is 17.8 Å². The molecule has 0 unspecified atom stereocenters. The number of carbonyl (C=O) groups excluding carboxylic acids is 2. The summed E-state index contributed by atoms with van der Waals surface area (Å²) in [5.41, 5.74) is 0.448. The van der Waals surface area contributed by atoms with Crippen LogP contribution in [-0.2, 0) is 11.2 Å². The average Bonchev–Trinajstić information content (AvgIpc) is 2.49. The van der Waals surface area contributed by atoms with Gasteiger partial charge in [-0.2, -0.15) is 0 Å². The molecule has 1 aromatic rings. The van der Waals surface area contributed by atoms with Gasteiger partial charge in [0, 0.05) is 0 Å². The monoisotopic (exact) mass is 301 g/mol. The fourth-order valence-electron chi connectivity index (χ4n) is 2.87. The van der Waals surface area contributed by atoms with Gasteiger partial charge < -0.3 is 0 Å². The number of amides is 3. The smallest absolute Gasteiger partial charge is 0.295 e. The lowest BCUT2D eigenvalue weighted by Crippen LogP contribution is -2.62. The molecule has 1 saturated heterocycles. The number of nitrogens with zero attached hydrogens (tertiary/aromatic N) is 1. The molecule has 3 amide bonds. The lowest BCUT2D eigenvalue weighted by atomic mass is 9.78. The molecule has 22 heavy (non-hydrogen) atoms. The Balaban J connectivity index is 2.25. The first-order valence-corrected chi connectivity index (χ1v) is 7.76. The number of nitrogens with one attached hydrogen (secondary N) is 2. The number of urea groups is 1. The van der Waals surface area contributed by atoms with Gasteiger partial charge in [-0.05, 0) is 31.7 Å². The number of carbonyl (C=O) groups is 2. The van der Waals surface area contributed by atoms with Crippen molar-refractivity contribution in [3.05, 3.63) is 35.9 Å². The highest BCUT2D eigenvalue weighted by molar-refractivity contribution is 6.21. The summed E-state index contributed by atoms with van der Waals surface area (Å²) in [7, 11) is 0. The van der Waals surface area contributed by atoms with Crippen molar-refractivity contribution in [2.75, 3.05) is 0 Å². The van der Waals surface area contributed by atoms with Crippen LogP contribution in [-0.4, -0.2) is 23.8 Å². The van der Waals surface area contributed by atoms with Crippen LogP contribution in [0.15, 0.2) is 35.3 Å². The van der Waals surface area contributed by atoms with Crippen molar-refractivity contribution in [3.8, 4) is 0 Å². The molecule has 0 aromatic heterocycles. The summed E-state index contributed by atoms with van der Waals surface area (Å²) >= 11 is 0. The van der Waals surface area contributed by atoms with Gasteiger partial charge in [0.05, 0.1) is 6.04 Å². The Morgan fingerprint density at radius 1 is 1.09 bits per heavy atom. The summed E-state index contributed by atoms with van der Waals surface area (Å²) in [6, 6.07) is 9.56. The van der Waals surface area contributed by atoms with E-state index in [4.69, 9.17) is 0 Å². The summed E-state index contributed by atoms with van der Waals surface area (Å²) in [4.78, 5) is 28.6. The second-order valence-electron chi connectivity index (χ2n) is 5.71. The van der Waals surface area contributed by atoms with Gasteiger partial charge in [0.25, 0.3) is 0 Å². The Morgan fingerprint density at radius 3 is 2.32 bits per heavy atom. The van der Waals surface area contributed by atoms with Crippen LogP contribution in [0.1, 0.15) is 39.2 Å². The summed E-state index contributed by atoms with van der Waals surface area (Å²) in [6.07, 6.45) is 1.98. The second kappa shape index (κ2) is 6.73. The summed E-state index contributed by atoms with van der Waals surface area (Å²) in [6.45, 7) is 5.88. The molecule has 0 aliphatic carbocycles. The van der Waals surface area contributed by atoms with E-state index in [1.807, 2.05) is 39.0 Å². The maximum atomic E-state index is 12.3. The number of aliphatic imine (C=N–C) groups is 1. The topological polar surface area (TPSA) is 70.6 Å². The third kappa shape index (κ3) is 3.18. The first kappa shape index (κ1) is 16.2. The zero-order valence-corrected chi connectivity index (χ0v) is 13.3. The molecule has 2 rings (SSSR count). The standard InChI is InChI=1S/C17H23N3O2/c1-4-17(5-2)14(19-16(22)20-15(17)21)18-12(3)11-13-9-7-6-8-10-13/h6-10,12H,4-5,11H2,1-3H3,(H2,18,19,20,21,22)/t12-/m1/s1. The Bertz CT molecular complexity index is 577. The summed E-state index contributed by atoms with van der Waals surface area (Å²) < 4.78 is 0. The Hall–Kier alpha value is -2.17. The van der Waals surface area contributed by atoms with E-state index in [-0.39, 0.29) is 11.9 Å². The number of benzene rings is 1. The fourth-order valence-corrected chi connectivity index (χ4v) is 2.87. The number of hydrogen-bond acceptors (Lipinski definition) is 3. The van der Waals surface area contributed by atoms with E-state index in [1.54, 1.807) is 0 Å². The van der Waals surface area contributed by atoms with Crippen molar-refractivity contribution in [3.63, 3.8) is 0 Å². The van der Waals surface area contributed by atoms with E-state index < -0.39 is 11.4 Å². The van der Waals surface area contributed by atoms with E-state index >= 15 is 0 Å². The van der Waals surface area contributed by atoms with Crippen molar-refractivity contribution in [2.45, 2.75) is 46.1 Å². The van der Waals surface area contributed by atoms with E-state index in [1.165, 1.54) is 5.56 Å². The fraction of sp³-hybridized carbons (Fsp3) is 0.471. The maximum Gasteiger partial charge on any atom is 0.326 e. The first-order valence-electron chi connectivity index (χ1n) is 7.76. The number of imide groups is 1. The Labute approximate surface area is 131 Å².